The van der Waals surface area contributed by atoms with Gasteiger partial charge in [0.15, 0.2) is 0 Å². The van der Waals surface area contributed by atoms with Gasteiger partial charge in [0, 0.05) is 10.9 Å². The number of nitrogens with one attached hydrogen (secondary N) is 1. The fourth-order valence-electron chi connectivity index (χ4n) is 1.15. The molecule has 0 aliphatic heterocycles. The van der Waals surface area contributed by atoms with Gasteiger partial charge in [-0.05, 0) is 12.1 Å². The molecule has 18 heavy (non-hydrogen) atoms. The van der Waals surface area contributed by atoms with Crippen LogP contribution in [0, 0.1) is 0 Å². The van der Waals surface area contributed by atoms with E-state index in [1.165, 1.54) is 23.6 Å². The molecule has 1 heterocycles. The van der Waals surface area contributed by atoms with E-state index >= 15 is 0 Å². The molecule has 0 saturated carbocycles. The Labute approximate surface area is 117 Å². The first kappa shape index (κ1) is 12.9. The van der Waals surface area contributed by atoms with Crippen molar-refractivity contribution >= 4 is 51.7 Å². The number of nitrogen functional groups attached to an aromatic ring is 1. The molecule has 0 aliphatic rings. The van der Waals surface area contributed by atoms with Crippen molar-refractivity contribution in [2.45, 2.75) is 0 Å². The number of phenols is 1. The number of aromatic hydroxyl groups is 1. The molecular formula is C10H8Cl2N4OS. The number of rotatable bonds is 3. The predicted molar refractivity (Wildman–Crippen MR) is 75.9 cm³/mol. The van der Waals surface area contributed by atoms with Gasteiger partial charge in [0.25, 0.3) is 0 Å². The molecule has 5 nitrogen and oxygen atoms in total. The van der Waals surface area contributed by atoms with Crippen molar-refractivity contribution in [2.24, 2.45) is 5.10 Å². The number of aromatic nitrogens is 1. The summed E-state index contributed by atoms with van der Waals surface area (Å²) in [6, 6.07) is 3.04. The highest BCUT2D eigenvalue weighted by atomic mass is 35.5. The number of hydrogen-bond acceptors (Lipinski definition) is 6. The molecule has 0 fully saturated rings. The van der Waals surface area contributed by atoms with Gasteiger partial charge >= 0.3 is 0 Å². The number of thiazole rings is 1. The first-order valence-electron chi connectivity index (χ1n) is 4.75. The van der Waals surface area contributed by atoms with Crippen molar-refractivity contribution in [3.05, 3.63) is 33.1 Å². The molecule has 2 aromatic rings. The summed E-state index contributed by atoms with van der Waals surface area (Å²) in [5.74, 6) is 0.364. The molecule has 0 bridgehead atoms. The maximum atomic E-state index is 9.33. The molecule has 0 amide bonds. The SMILES string of the molecule is Nc1csc(NN=Cc2ccc(O)c(Cl)c2Cl)n1. The molecule has 1 aromatic heterocycles. The number of hydrazone groups is 1. The van der Waals surface area contributed by atoms with Crippen LogP contribution in [0.25, 0.3) is 0 Å². The van der Waals surface area contributed by atoms with Gasteiger partial charge in [-0.1, -0.05) is 23.2 Å². The minimum Gasteiger partial charge on any atom is -0.506 e. The highest BCUT2D eigenvalue weighted by Crippen LogP contribution is 2.32. The number of nitrogens with two attached hydrogens (primary N) is 1. The Kier molecular flexibility index (Phi) is 3.90. The third-order valence-electron chi connectivity index (χ3n) is 1.98. The second-order valence-corrected chi connectivity index (χ2v) is 4.86. The van der Waals surface area contributed by atoms with E-state index in [0.29, 0.717) is 16.5 Å². The molecule has 0 aliphatic carbocycles. The first-order valence-corrected chi connectivity index (χ1v) is 6.38. The normalized spacial score (nSPS) is 11.0. The minimum absolute atomic E-state index is 0.0699. The molecule has 94 valence electrons. The molecule has 4 N–H and O–H groups in total. The third-order valence-corrected chi connectivity index (χ3v) is 3.63. The first-order chi connectivity index (χ1) is 8.58. The Bertz CT molecular complexity index is 600. The number of benzene rings is 1. The maximum Gasteiger partial charge on any atom is 0.205 e. The average molecular weight is 303 g/mol. The van der Waals surface area contributed by atoms with Gasteiger partial charge in [0.2, 0.25) is 5.13 Å². The van der Waals surface area contributed by atoms with Crippen molar-refractivity contribution in [1.29, 1.82) is 0 Å². The fourth-order valence-corrected chi connectivity index (χ4v) is 2.08. The van der Waals surface area contributed by atoms with E-state index in [4.69, 9.17) is 28.9 Å². The fraction of sp³-hybridized carbons (Fsp3) is 0. The van der Waals surface area contributed by atoms with E-state index in [2.05, 4.69) is 15.5 Å². The molecule has 0 radical (unpaired) electrons. The average Bonchev–Trinajstić information content (AvgIpc) is 2.75. The van der Waals surface area contributed by atoms with Crippen LogP contribution in [0.15, 0.2) is 22.6 Å². The van der Waals surface area contributed by atoms with Gasteiger partial charge in [-0.25, -0.2) is 4.98 Å². The summed E-state index contributed by atoms with van der Waals surface area (Å²) in [4.78, 5) is 3.97. The summed E-state index contributed by atoms with van der Waals surface area (Å²) >= 11 is 13.1. The Morgan fingerprint density at radius 3 is 2.83 bits per heavy atom. The monoisotopic (exact) mass is 302 g/mol. The highest BCUT2D eigenvalue weighted by molar-refractivity contribution is 7.14. The molecule has 0 unspecified atom stereocenters. The van der Waals surface area contributed by atoms with Crippen molar-refractivity contribution in [1.82, 2.24) is 4.98 Å². The van der Waals surface area contributed by atoms with E-state index in [1.807, 2.05) is 0 Å². The van der Waals surface area contributed by atoms with Crippen LogP contribution < -0.4 is 11.2 Å². The lowest BCUT2D eigenvalue weighted by atomic mass is 10.2. The molecule has 2 rings (SSSR count). The highest BCUT2D eigenvalue weighted by Gasteiger charge is 2.07. The van der Waals surface area contributed by atoms with Crippen LogP contribution in [-0.2, 0) is 0 Å². The predicted octanol–water partition coefficient (Wildman–Crippen LogP) is 3.18. The zero-order valence-corrected chi connectivity index (χ0v) is 11.2. The molecule has 0 atom stereocenters. The molecular weight excluding hydrogens is 295 g/mol. The van der Waals surface area contributed by atoms with E-state index in [-0.39, 0.29) is 15.8 Å². The lowest BCUT2D eigenvalue weighted by Crippen LogP contribution is -1.92. The van der Waals surface area contributed by atoms with Crippen LogP contribution in [-0.4, -0.2) is 16.3 Å². The standard InChI is InChI=1S/C10H8Cl2N4OS/c11-8-5(1-2-6(17)9(8)12)3-14-16-10-15-7(13)4-18-10/h1-4,17H,13H2,(H,15,16). The maximum absolute atomic E-state index is 9.33. The molecule has 1 aromatic carbocycles. The van der Waals surface area contributed by atoms with E-state index < -0.39 is 0 Å². The van der Waals surface area contributed by atoms with Crippen LogP contribution in [0.3, 0.4) is 0 Å². The lowest BCUT2D eigenvalue weighted by Gasteiger charge is -2.02. The van der Waals surface area contributed by atoms with Crippen LogP contribution >= 0.6 is 34.5 Å². The van der Waals surface area contributed by atoms with Gasteiger partial charge in [-0.2, -0.15) is 5.10 Å². The largest absolute Gasteiger partial charge is 0.506 e. The van der Waals surface area contributed by atoms with Crippen LogP contribution in [0.2, 0.25) is 10.0 Å². The van der Waals surface area contributed by atoms with Gasteiger partial charge in [0.05, 0.1) is 11.2 Å². The summed E-state index contributed by atoms with van der Waals surface area (Å²) in [5, 5.41) is 15.9. The number of nitrogens with zero attached hydrogens (tertiary/aromatic N) is 2. The van der Waals surface area contributed by atoms with Crippen LogP contribution in [0.1, 0.15) is 5.56 Å². The summed E-state index contributed by atoms with van der Waals surface area (Å²) in [5.41, 5.74) is 8.75. The van der Waals surface area contributed by atoms with E-state index in [9.17, 15) is 5.11 Å². The van der Waals surface area contributed by atoms with Gasteiger partial charge in [0.1, 0.15) is 16.6 Å². The van der Waals surface area contributed by atoms with Gasteiger partial charge in [-0.3, -0.25) is 5.43 Å². The lowest BCUT2D eigenvalue weighted by molar-refractivity contribution is 0.475. The number of phenolic OH excluding ortho intramolecular Hbond substituents is 1. The number of anilines is 2. The Balaban J connectivity index is 2.12. The molecule has 0 saturated heterocycles. The quantitative estimate of drug-likeness (QED) is 0.600. The number of halogens is 2. The van der Waals surface area contributed by atoms with Gasteiger partial charge in [-0.15, -0.1) is 11.3 Å². The summed E-state index contributed by atoms with van der Waals surface area (Å²) < 4.78 is 0. The summed E-state index contributed by atoms with van der Waals surface area (Å²) in [6.07, 6.45) is 1.48. The van der Waals surface area contributed by atoms with Crippen molar-refractivity contribution in [2.75, 3.05) is 11.2 Å². The minimum atomic E-state index is -0.0699. The van der Waals surface area contributed by atoms with Gasteiger partial charge < -0.3 is 10.8 Å². The van der Waals surface area contributed by atoms with Crippen molar-refractivity contribution in [3.63, 3.8) is 0 Å². The van der Waals surface area contributed by atoms with Crippen molar-refractivity contribution < 1.29 is 5.11 Å². The second kappa shape index (κ2) is 5.43. The molecule has 0 spiro atoms. The summed E-state index contributed by atoms with van der Waals surface area (Å²) in [7, 11) is 0. The topological polar surface area (TPSA) is 83.5 Å². The van der Waals surface area contributed by atoms with Crippen LogP contribution in [0.5, 0.6) is 5.75 Å². The zero-order valence-electron chi connectivity index (χ0n) is 8.89. The second-order valence-electron chi connectivity index (χ2n) is 3.25. The Morgan fingerprint density at radius 1 is 1.39 bits per heavy atom. The molecule has 8 heteroatoms. The Morgan fingerprint density at radius 2 is 2.17 bits per heavy atom. The summed E-state index contributed by atoms with van der Waals surface area (Å²) in [6.45, 7) is 0. The van der Waals surface area contributed by atoms with E-state index in [0.717, 1.165) is 0 Å². The third kappa shape index (κ3) is 2.84. The Hall–Kier alpha value is -1.50. The zero-order chi connectivity index (χ0) is 13.1. The van der Waals surface area contributed by atoms with Crippen LogP contribution in [0.4, 0.5) is 10.9 Å². The smallest absolute Gasteiger partial charge is 0.205 e. The van der Waals surface area contributed by atoms with Crippen molar-refractivity contribution in [3.8, 4) is 5.75 Å². The number of hydrogen-bond donors (Lipinski definition) is 3. The van der Waals surface area contributed by atoms with E-state index in [1.54, 1.807) is 11.4 Å².